The van der Waals surface area contributed by atoms with Crippen molar-refractivity contribution in [1.29, 1.82) is 0 Å². The van der Waals surface area contributed by atoms with Gasteiger partial charge in [0.05, 0.1) is 6.61 Å². The van der Waals surface area contributed by atoms with Gasteiger partial charge < -0.3 is 10.5 Å². The van der Waals surface area contributed by atoms with Crippen LogP contribution in [0.4, 0.5) is 0 Å². The standard InChI is InChI=1S/C18H28N2O/c1-20(16-6-4-2-3-5-7-16)17(13-19)14-8-9-18-15(12-14)10-11-21-18/h8-9,12,16-17H,2-7,10-11,13,19H2,1H3. The Labute approximate surface area is 128 Å². The van der Waals surface area contributed by atoms with E-state index in [9.17, 15) is 0 Å². The highest BCUT2D eigenvalue weighted by Gasteiger charge is 2.25. The number of nitrogens with zero attached hydrogens (tertiary/aromatic N) is 1. The zero-order valence-corrected chi connectivity index (χ0v) is 13.2. The fraction of sp³-hybridized carbons (Fsp3) is 0.667. The summed E-state index contributed by atoms with van der Waals surface area (Å²) in [6, 6.07) is 7.66. The second-order valence-electron chi connectivity index (χ2n) is 6.53. The van der Waals surface area contributed by atoms with Crippen LogP contribution in [0.3, 0.4) is 0 Å². The summed E-state index contributed by atoms with van der Waals surface area (Å²) in [5.74, 6) is 1.06. The van der Waals surface area contributed by atoms with Crippen LogP contribution in [0.25, 0.3) is 0 Å². The molecule has 1 saturated carbocycles. The fourth-order valence-corrected chi connectivity index (χ4v) is 3.87. The minimum absolute atomic E-state index is 0.332. The first-order valence-electron chi connectivity index (χ1n) is 8.47. The van der Waals surface area contributed by atoms with Crippen LogP contribution in [0, 0.1) is 0 Å². The van der Waals surface area contributed by atoms with Crippen LogP contribution in [0.15, 0.2) is 18.2 Å². The Kier molecular flexibility index (Phi) is 4.81. The molecule has 1 heterocycles. The van der Waals surface area contributed by atoms with Crippen LogP contribution in [0.1, 0.15) is 55.7 Å². The van der Waals surface area contributed by atoms with E-state index < -0.39 is 0 Å². The second kappa shape index (κ2) is 6.80. The third kappa shape index (κ3) is 3.24. The maximum atomic E-state index is 6.12. The van der Waals surface area contributed by atoms with Crippen molar-refractivity contribution >= 4 is 0 Å². The lowest BCUT2D eigenvalue weighted by atomic mass is 9.98. The number of likely N-dealkylation sites (N-methyl/N-ethyl adjacent to an activating group) is 1. The van der Waals surface area contributed by atoms with Crippen LogP contribution < -0.4 is 10.5 Å². The molecule has 1 atom stereocenters. The van der Waals surface area contributed by atoms with Crippen LogP contribution in [-0.4, -0.2) is 31.1 Å². The van der Waals surface area contributed by atoms with E-state index in [-0.39, 0.29) is 0 Å². The molecule has 1 fully saturated rings. The maximum absolute atomic E-state index is 6.12. The molecule has 3 rings (SSSR count). The van der Waals surface area contributed by atoms with E-state index in [1.54, 1.807) is 0 Å². The van der Waals surface area contributed by atoms with E-state index in [4.69, 9.17) is 10.5 Å². The predicted octanol–water partition coefficient (Wildman–Crippen LogP) is 3.28. The zero-order valence-electron chi connectivity index (χ0n) is 13.2. The van der Waals surface area contributed by atoms with Gasteiger partial charge in [-0.3, -0.25) is 4.90 Å². The molecule has 0 radical (unpaired) electrons. The van der Waals surface area contributed by atoms with Gasteiger partial charge in [-0.15, -0.1) is 0 Å². The summed E-state index contributed by atoms with van der Waals surface area (Å²) in [6.07, 6.45) is 9.20. The molecule has 0 amide bonds. The van der Waals surface area contributed by atoms with Gasteiger partial charge in [0.2, 0.25) is 0 Å². The average molecular weight is 288 g/mol. The number of nitrogens with two attached hydrogens (primary N) is 1. The molecular formula is C18H28N2O. The van der Waals surface area contributed by atoms with Crippen molar-refractivity contribution in [1.82, 2.24) is 4.90 Å². The normalized spacial score (nSPS) is 20.9. The number of hydrogen-bond donors (Lipinski definition) is 1. The molecule has 116 valence electrons. The fourth-order valence-electron chi connectivity index (χ4n) is 3.87. The van der Waals surface area contributed by atoms with Crippen molar-refractivity contribution in [3.05, 3.63) is 29.3 Å². The van der Waals surface area contributed by atoms with Gasteiger partial charge >= 0.3 is 0 Å². The molecule has 0 spiro atoms. The molecule has 21 heavy (non-hydrogen) atoms. The van der Waals surface area contributed by atoms with Crippen molar-refractivity contribution in [2.24, 2.45) is 5.73 Å². The number of ether oxygens (including phenoxy) is 1. The highest BCUT2D eigenvalue weighted by atomic mass is 16.5. The van der Waals surface area contributed by atoms with Crippen molar-refractivity contribution in [2.45, 2.75) is 57.0 Å². The predicted molar refractivity (Wildman–Crippen MR) is 86.7 cm³/mol. The minimum Gasteiger partial charge on any atom is -0.493 e. The monoisotopic (exact) mass is 288 g/mol. The first-order chi connectivity index (χ1) is 10.3. The van der Waals surface area contributed by atoms with E-state index in [0.29, 0.717) is 18.6 Å². The van der Waals surface area contributed by atoms with Gasteiger partial charge in [-0.1, -0.05) is 37.8 Å². The first kappa shape index (κ1) is 14.9. The highest BCUT2D eigenvalue weighted by Crippen LogP contribution is 2.32. The van der Waals surface area contributed by atoms with Gasteiger partial charge in [-0.25, -0.2) is 0 Å². The lowest BCUT2D eigenvalue weighted by Crippen LogP contribution is -2.38. The number of rotatable bonds is 4. The van der Waals surface area contributed by atoms with E-state index in [1.165, 1.54) is 49.7 Å². The van der Waals surface area contributed by atoms with Crippen LogP contribution >= 0.6 is 0 Å². The number of fused-ring (bicyclic) bond motifs is 1. The molecule has 1 unspecified atom stereocenters. The van der Waals surface area contributed by atoms with Gasteiger partial charge in [-0.2, -0.15) is 0 Å². The molecule has 2 aliphatic rings. The van der Waals surface area contributed by atoms with Crippen molar-refractivity contribution in [3.8, 4) is 5.75 Å². The molecule has 1 aromatic rings. The highest BCUT2D eigenvalue weighted by molar-refractivity contribution is 5.41. The van der Waals surface area contributed by atoms with Gasteiger partial charge in [0.15, 0.2) is 0 Å². The van der Waals surface area contributed by atoms with Crippen molar-refractivity contribution in [3.63, 3.8) is 0 Å². The van der Waals surface area contributed by atoms with Gasteiger partial charge in [0.25, 0.3) is 0 Å². The van der Waals surface area contributed by atoms with E-state index >= 15 is 0 Å². The number of benzene rings is 1. The van der Waals surface area contributed by atoms with E-state index in [0.717, 1.165) is 18.8 Å². The Morgan fingerprint density at radius 1 is 1.24 bits per heavy atom. The van der Waals surface area contributed by atoms with E-state index in [2.05, 4.69) is 30.1 Å². The van der Waals surface area contributed by atoms with Gasteiger partial charge in [0.1, 0.15) is 5.75 Å². The first-order valence-corrected chi connectivity index (χ1v) is 8.47. The van der Waals surface area contributed by atoms with Crippen LogP contribution in [0.5, 0.6) is 5.75 Å². The van der Waals surface area contributed by atoms with E-state index in [1.807, 2.05) is 0 Å². The Morgan fingerprint density at radius 3 is 2.71 bits per heavy atom. The topological polar surface area (TPSA) is 38.5 Å². The summed E-state index contributed by atoms with van der Waals surface area (Å²) in [4.78, 5) is 2.53. The second-order valence-corrected chi connectivity index (χ2v) is 6.53. The Bertz CT molecular complexity index is 466. The lowest BCUT2D eigenvalue weighted by Gasteiger charge is -2.34. The molecular weight excluding hydrogens is 260 g/mol. The molecule has 1 aromatic carbocycles. The SMILES string of the molecule is CN(C1CCCCCC1)C(CN)c1ccc2c(c1)CCO2. The quantitative estimate of drug-likeness (QED) is 0.864. The molecule has 3 heteroatoms. The molecule has 1 aliphatic heterocycles. The molecule has 3 nitrogen and oxygen atoms in total. The van der Waals surface area contributed by atoms with Crippen LogP contribution in [0.2, 0.25) is 0 Å². The smallest absolute Gasteiger partial charge is 0.122 e. The Morgan fingerprint density at radius 2 is 2.00 bits per heavy atom. The summed E-state index contributed by atoms with van der Waals surface area (Å²) in [7, 11) is 2.26. The minimum atomic E-state index is 0.332. The summed E-state index contributed by atoms with van der Waals surface area (Å²) in [5.41, 5.74) is 8.83. The molecule has 0 aromatic heterocycles. The molecule has 0 saturated heterocycles. The van der Waals surface area contributed by atoms with Gasteiger partial charge in [-0.05, 0) is 37.1 Å². The summed E-state index contributed by atoms with van der Waals surface area (Å²) < 4.78 is 5.62. The molecule has 1 aliphatic carbocycles. The third-order valence-corrected chi connectivity index (χ3v) is 5.21. The summed E-state index contributed by atoms with van der Waals surface area (Å²) in [5, 5.41) is 0. The Balaban J connectivity index is 1.77. The maximum Gasteiger partial charge on any atom is 0.122 e. The van der Waals surface area contributed by atoms with Crippen molar-refractivity contribution in [2.75, 3.05) is 20.2 Å². The molecule has 2 N–H and O–H groups in total. The Hall–Kier alpha value is -1.06. The zero-order chi connectivity index (χ0) is 14.7. The van der Waals surface area contributed by atoms with Gasteiger partial charge in [0, 0.05) is 25.0 Å². The third-order valence-electron chi connectivity index (χ3n) is 5.21. The molecule has 0 bridgehead atoms. The summed E-state index contributed by atoms with van der Waals surface area (Å²) in [6.45, 7) is 1.51. The average Bonchev–Trinajstić information content (AvgIpc) is 2.80. The largest absolute Gasteiger partial charge is 0.493 e. The van der Waals surface area contributed by atoms with Crippen LogP contribution in [-0.2, 0) is 6.42 Å². The summed E-state index contributed by atoms with van der Waals surface area (Å²) >= 11 is 0. The lowest BCUT2D eigenvalue weighted by molar-refractivity contribution is 0.161. The number of hydrogen-bond acceptors (Lipinski definition) is 3. The van der Waals surface area contributed by atoms with Crippen molar-refractivity contribution < 1.29 is 4.74 Å².